The van der Waals surface area contributed by atoms with Crippen LogP contribution in [0.15, 0.2) is 4.99 Å². The summed E-state index contributed by atoms with van der Waals surface area (Å²) in [5, 5.41) is 0. The second-order valence-electron chi connectivity index (χ2n) is 2.05. The number of carbonyl (C=O) groups is 1. The largest absolute Gasteiger partial charge is 0.336 e. The molecule has 3 nitrogen and oxygen atoms in total. The molecular formula is C6H10N2O. The monoisotopic (exact) mass is 126 g/mol. The van der Waals surface area contributed by atoms with Gasteiger partial charge in [0.05, 0.1) is 13.1 Å². The van der Waals surface area contributed by atoms with Crippen molar-refractivity contribution in [3.63, 3.8) is 0 Å². The lowest BCUT2D eigenvalue weighted by atomic mass is 10.4. The van der Waals surface area contributed by atoms with Crippen molar-refractivity contribution < 1.29 is 4.79 Å². The molecule has 1 aliphatic rings. The van der Waals surface area contributed by atoms with Crippen LogP contribution in [-0.4, -0.2) is 36.7 Å². The topological polar surface area (TPSA) is 32.7 Å². The fraction of sp³-hybridized carbons (Fsp3) is 0.667. The van der Waals surface area contributed by atoms with E-state index >= 15 is 0 Å². The van der Waals surface area contributed by atoms with Crippen LogP contribution in [0.3, 0.4) is 0 Å². The third-order valence-corrected chi connectivity index (χ3v) is 1.38. The number of carbonyl (C=O) groups excluding carboxylic acids is 1. The SMILES string of the molecule is CC(=O)N1CC=NCC1. The lowest BCUT2D eigenvalue weighted by Gasteiger charge is -2.20. The molecule has 0 atom stereocenters. The van der Waals surface area contributed by atoms with Crippen LogP contribution in [0.2, 0.25) is 0 Å². The first-order valence-corrected chi connectivity index (χ1v) is 3.04. The average molecular weight is 126 g/mol. The first-order valence-electron chi connectivity index (χ1n) is 3.04. The van der Waals surface area contributed by atoms with Crippen LogP contribution >= 0.6 is 0 Å². The molecule has 0 aliphatic carbocycles. The lowest BCUT2D eigenvalue weighted by molar-refractivity contribution is -0.128. The number of hydrogen-bond acceptors (Lipinski definition) is 2. The van der Waals surface area contributed by atoms with Gasteiger partial charge in [-0.2, -0.15) is 0 Å². The van der Waals surface area contributed by atoms with Gasteiger partial charge in [0, 0.05) is 19.7 Å². The molecule has 9 heavy (non-hydrogen) atoms. The highest BCUT2D eigenvalue weighted by Gasteiger charge is 2.07. The highest BCUT2D eigenvalue weighted by atomic mass is 16.2. The number of rotatable bonds is 0. The van der Waals surface area contributed by atoms with Crippen molar-refractivity contribution in [2.45, 2.75) is 6.92 Å². The summed E-state index contributed by atoms with van der Waals surface area (Å²) in [7, 11) is 0. The number of nitrogens with zero attached hydrogens (tertiary/aromatic N) is 2. The van der Waals surface area contributed by atoms with Crippen molar-refractivity contribution in [3.8, 4) is 0 Å². The predicted molar refractivity (Wildman–Crippen MR) is 35.6 cm³/mol. The number of amides is 1. The fourth-order valence-electron chi connectivity index (χ4n) is 0.803. The maximum absolute atomic E-state index is 10.7. The maximum atomic E-state index is 10.7. The minimum atomic E-state index is 0.140. The van der Waals surface area contributed by atoms with Gasteiger partial charge in [-0.25, -0.2) is 0 Å². The molecule has 3 heteroatoms. The summed E-state index contributed by atoms with van der Waals surface area (Å²) in [4.78, 5) is 16.4. The average Bonchev–Trinajstić information content (AvgIpc) is 1.90. The standard InChI is InChI=1S/C6H10N2O/c1-6(9)8-4-2-7-3-5-8/h2H,3-5H2,1H3. The van der Waals surface area contributed by atoms with Crippen LogP contribution in [0.5, 0.6) is 0 Å². The summed E-state index contributed by atoms with van der Waals surface area (Å²) in [6.45, 7) is 3.82. The molecule has 1 aliphatic heterocycles. The minimum Gasteiger partial charge on any atom is -0.336 e. The molecule has 1 amide bonds. The predicted octanol–water partition coefficient (Wildman–Crippen LogP) is -0.0807. The van der Waals surface area contributed by atoms with Gasteiger partial charge in [-0.1, -0.05) is 0 Å². The summed E-state index contributed by atoms with van der Waals surface area (Å²) in [5.41, 5.74) is 0. The second-order valence-corrected chi connectivity index (χ2v) is 2.05. The normalized spacial score (nSPS) is 18.1. The van der Waals surface area contributed by atoms with Crippen molar-refractivity contribution in [1.29, 1.82) is 0 Å². The van der Waals surface area contributed by atoms with Gasteiger partial charge in [-0.3, -0.25) is 9.79 Å². The quantitative estimate of drug-likeness (QED) is 0.447. The van der Waals surface area contributed by atoms with Crippen molar-refractivity contribution in [2.75, 3.05) is 19.6 Å². The van der Waals surface area contributed by atoms with Crippen LogP contribution in [0.1, 0.15) is 6.92 Å². The third kappa shape index (κ3) is 1.52. The van der Waals surface area contributed by atoms with Crippen LogP contribution in [-0.2, 0) is 4.79 Å². The van der Waals surface area contributed by atoms with Crippen LogP contribution in [0.4, 0.5) is 0 Å². The Morgan fingerprint density at radius 1 is 1.78 bits per heavy atom. The van der Waals surface area contributed by atoms with Crippen LogP contribution in [0, 0.1) is 0 Å². The van der Waals surface area contributed by atoms with Crippen LogP contribution < -0.4 is 0 Å². The Labute approximate surface area is 54.4 Å². The second kappa shape index (κ2) is 2.62. The zero-order valence-corrected chi connectivity index (χ0v) is 5.50. The van der Waals surface area contributed by atoms with Crippen molar-refractivity contribution >= 4 is 12.1 Å². The van der Waals surface area contributed by atoms with Gasteiger partial charge in [-0.05, 0) is 0 Å². The minimum absolute atomic E-state index is 0.140. The van der Waals surface area contributed by atoms with E-state index in [1.165, 1.54) is 0 Å². The van der Waals surface area contributed by atoms with Crippen molar-refractivity contribution in [2.24, 2.45) is 4.99 Å². The molecule has 50 valence electrons. The molecule has 0 unspecified atom stereocenters. The third-order valence-electron chi connectivity index (χ3n) is 1.38. The molecule has 0 N–H and O–H groups in total. The van der Waals surface area contributed by atoms with Crippen molar-refractivity contribution in [1.82, 2.24) is 4.90 Å². The Kier molecular flexibility index (Phi) is 1.82. The molecule has 0 aromatic carbocycles. The Morgan fingerprint density at radius 3 is 2.89 bits per heavy atom. The highest BCUT2D eigenvalue weighted by Crippen LogP contribution is 1.91. The molecule has 1 rings (SSSR count). The van der Waals surface area contributed by atoms with Gasteiger partial charge in [0.25, 0.3) is 0 Å². The molecule has 0 saturated heterocycles. The van der Waals surface area contributed by atoms with E-state index in [0.29, 0.717) is 6.54 Å². The Balaban J connectivity index is 2.44. The fourth-order valence-corrected chi connectivity index (χ4v) is 0.803. The summed E-state index contributed by atoms with van der Waals surface area (Å²) in [6.07, 6.45) is 1.78. The summed E-state index contributed by atoms with van der Waals surface area (Å²) in [5.74, 6) is 0.140. The van der Waals surface area contributed by atoms with Gasteiger partial charge in [0.1, 0.15) is 0 Å². The Hall–Kier alpha value is -0.860. The molecule has 0 aromatic heterocycles. The number of aliphatic imine (C=N–C) groups is 1. The van der Waals surface area contributed by atoms with E-state index in [0.717, 1.165) is 13.1 Å². The van der Waals surface area contributed by atoms with E-state index < -0.39 is 0 Å². The Bertz CT molecular complexity index is 142. The van der Waals surface area contributed by atoms with Crippen LogP contribution in [0.25, 0.3) is 0 Å². The smallest absolute Gasteiger partial charge is 0.219 e. The van der Waals surface area contributed by atoms with E-state index in [1.54, 1.807) is 18.0 Å². The molecular weight excluding hydrogens is 116 g/mol. The number of hydrogen-bond donors (Lipinski definition) is 0. The van der Waals surface area contributed by atoms with E-state index in [9.17, 15) is 4.79 Å². The molecule has 0 radical (unpaired) electrons. The van der Waals surface area contributed by atoms with Gasteiger partial charge >= 0.3 is 0 Å². The summed E-state index contributed by atoms with van der Waals surface area (Å²) in [6, 6.07) is 0. The van der Waals surface area contributed by atoms with Gasteiger partial charge in [0.2, 0.25) is 5.91 Å². The first-order chi connectivity index (χ1) is 4.30. The van der Waals surface area contributed by atoms with Gasteiger partial charge < -0.3 is 4.90 Å². The van der Waals surface area contributed by atoms with Gasteiger partial charge in [-0.15, -0.1) is 0 Å². The molecule has 0 fully saturated rings. The lowest BCUT2D eigenvalue weighted by Crippen LogP contribution is -2.35. The first kappa shape index (κ1) is 6.26. The summed E-state index contributed by atoms with van der Waals surface area (Å²) < 4.78 is 0. The summed E-state index contributed by atoms with van der Waals surface area (Å²) >= 11 is 0. The zero-order chi connectivity index (χ0) is 6.69. The molecule has 1 heterocycles. The molecule has 0 bridgehead atoms. The van der Waals surface area contributed by atoms with E-state index in [4.69, 9.17) is 0 Å². The highest BCUT2D eigenvalue weighted by molar-refractivity contribution is 5.77. The van der Waals surface area contributed by atoms with Gasteiger partial charge in [0.15, 0.2) is 0 Å². The van der Waals surface area contributed by atoms with E-state index in [-0.39, 0.29) is 5.91 Å². The van der Waals surface area contributed by atoms with E-state index in [2.05, 4.69) is 4.99 Å². The Morgan fingerprint density at radius 2 is 2.56 bits per heavy atom. The molecule has 0 aromatic rings. The molecule has 0 spiro atoms. The van der Waals surface area contributed by atoms with Crippen molar-refractivity contribution in [3.05, 3.63) is 0 Å². The molecule has 0 saturated carbocycles. The maximum Gasteiger partial charge on any atom is 0.219 e. The zero-order valence-electron chi connectivity index (χ0n) is 5.50. The van der Waals surface area contributed by atoms with E-state index in [1.807, 2.05) is 0 Å².